The Hall–Kier alpha value is -1.74. The van der Waals surface area contributed by atoms with Crippen molar-refractivity contribution < 1.29 is 23.7 Å². The fourth-order valence-corrected chi connectivity index (χ4v) is 3.61. The molecule has 150 valence electrons. The van der Waals surface area contributed by atoms with Crippen molar-refractivity contribution in [2.75, 3.05) is 72.6 Å². The van der Waals surface area contributed by atoms with E-state index in [9.17, 15) is 4.79 Å². The van der Waals surface area contributed by atoms with Gasteiger partial charge in [-0.15, -0.1) is 0 Å². The number of hydrogen-bond acceptors (Lipinski definition) is 6. The lowest BCUT2D eigenvalue weighted by atomic mass is 9.98. The molecule has 2 amide bonds. The Morgan fingerprint density at radius 2 is 1.81 bits per heavy atom. The Morgan fingerprint density at radius 1 is 1.15 bits per heavy atom. The lowest BCUT2D eigenvalue weighted by Gasteiger charge is -2.45. The number of anilines is 1. The molecular formula is C18H26ClN3O5. The van der Waals surface area contributed by atoms with Gasteiger partial charge >= 0.3 is 6.03 Å². The number of nitrogens with zero attached hydrogens (tertiary/aromatic N) is 2. The summed E-state index contributed by atoms with van der Waals surface area (Å²) in [7, 11) is 5.10. The van der Waals surface area contributed by atoms with E-state index in [1.165, 1.54) is 14.2 Å². The molecule has 2 saturated heterocycles. The van der Waals surface area contributed by atoms with Crippen LogP contribution in [0, 0.1) is 0 Å². The standard InChI is InChI=1S/C18H26ClN3O5/c1-21-4-6-26-11-18(21)10-22(5-7-27-12-18)17(23)20-14-8-13(19)15(24-2)9-16(14)25-3/h8-9H,4-7,10-12H2,1-3H3,(H,20,23). The number of rotatable bonds is 3. The van der Waals surface area contributed by atoms with Crippen molar-refractivity contribution in [2.24, 2.45) is 0 Å². The summed E-state index contributed by atoms with van der Waals surface area (Å²) < 4.78 is 22.0. The Balaban J connectivity index is 1.78. The summed E-state index contributed by atoms with van der Waals surface area (Å²) in [6, 6.07) is 3.03. The van der Waals surface area contributed by atoms with E-state index in [0.29, 0.717) is 61.7 Å². The van der Waals surface area contributed by atoms with Crippen LogP contribution in [0.3, 0.4) is 0 Å². The zero-order valence-electron chi connectivity index (χ0n) is 15.9. The molecule has 0 saturated carbocycles. The van der Waals surface area contributed by atoms with Gasteiger partial charge in [0.15, 0.2) is 0 Å². The Morgan fingerprint density at radius 3 is 2.44 bits per heavy atom. The van der Waals surface area contributed by atoms with Crippen LogP contribution in [0.1, 0.15) is 0 Å². The van der Waals surface area contributed by atoms with Crippen LogP contribution in [-0.4, -0.2) is 88.7 Å². The minimum absolute atomic E-state index is 0.238. The van der Waals surface area contributed by atoms with Gasteiger partial charge in [0.1, 0.15) is 11.5 Å². The number of halogens is 1. The first-order valence-electron chi connectivity index (χ1n) is 8.83. The average molecular weight is 400 g/mol. The van der Waals surface area contributed by atoms with Crippen LogP contribution >= 0.6 is 11.6 Å². The van der Waals surface area contributed by atoms with Gasteiger partial charge < -0.3 is 29.2 Å². The van der Waals surface area contributed by atoms with Crippen molar-refractivity contribution >= 4 is 23.3 Å². The minimum Gasteiger partial charge on any atom is -0.495 e. The van der Waals surface area contributed by atoms with Crippen LogP contribution < -0.4 is 14.8 Å². The van der Waals surface area contributed by atoms with E-state index in [4.69, 9.17) is 30.5 Å². The second-order valence-electron chi connectivity index (χ2n) is 6.79. The van der Waals surface area contributed by atoms with Gasteiger partial charge in [-0.2, -0.15) is 0 Å². The number of benzene rings is 1. The molecule has 2 heterocycles. The highest BCUT2D eigenvalue weighted by atomic mass is 35.5. The molecule has 27 heavy (non-hydrogen) atoms. The number of likely N-dealkylation sites (N-methyl/N-ethyl adjacent to an activating group) is 1. The molecule has 2 fully saturated rings. The van der Waals surface area contributed by atoms with Gasteiger partial charge in [-0.05, 0) is 13.1 Å². The Bertz CT molecular complexity index is 689. The first-order chi connectivity index (χ1) is 13.0. The highest BCUT2D eigenvalue weighted by molar-refractivity contribution is 6.32. The number of morpholine rings is 1. The zero-order chi connectivity index (χ0) is 19.4. The second kappa shape index (κ2) is 8.52. The third-order valence-corrected chi connectivity index (χ3v) is 5.41. The number of nitrogens with one attached hydrogen (secondary N) is 1. The van der Waals surface area contributed by atoms with Crippen molar-refractivity contribution in [1.29, 1.82) is 0 Å². The third-order valence-electron chi connectivity index (χ3n) is 5.12. The molecule has 0 bridgehead atoms. The topological polar surface area (TPSA) is 72.5 Å². The third kappa shape index (κ3) is 4.24. The quantitative estimate of drug-likeness (QED) is 0.837. The Kier molecular flexibility index (Phi) is 6.31. The largest absolute Gasteiger partial charge is 0.495 e. The van der Waals surface area contributed by atoms with E-state index in [0.717, 1.165) is 6.54 Å². The first kappa shape index (κ1) is 20.0. The van der Waals surface area contributed by atoms with Crippen LogP contribution in [-0.2, 0) is 9.47 Å². The van der Waals surface area contributed by atoms with E-state index in [2.05, 4.69) is 10.2 Å². The van der Waals surface area contributed by atoms with E-state index in [-0.39, 0.29) is 11.6 Å². The van der Waals surface area contributed by atoms with Crippen molar-refractivity contribution in [3.05, 3.63) is 17.2 Å². The Labute approximate surface area is 164 Å². The van der Waals surface area contributed by atoms with Crippen LogP contribution in [0.15, 0.2) is 12.1 Å². The maximum atomic E-state index is 13.0. The molecule has 1 unspecified atom stereocenters. The molecule has 3 rings (SSSR count). The molecule has 2 aliphatic rings. The lowest BCUT2D eigenvalue weighted by molar-refractivity contribution is -0.0874. The van der Waals surface area contributed by atoms with Crippen molar-refractivity contribution in [1.82, 2.24) is 9.80 Å². The molecule has 8 nitrogen and oxygen atoms in total. The maximum absolute atomic E-state index is 13.0. The molecule has 9 heteroatoms. The second-order valence-corrected chi connectivity index (χ2v) is 7.20. The fraction of sp³-hybridized carbons (Fsp3) is 0.611. The predicted molar refractivity (Wildman–Crippen MR) is 102 cm³/mol. The molecule has 1 atom stereocenters. The van der Waals surface area contributed by atoms with Gasteiger partial charge in [-0.3, -0.25) is 4.90 Å². The van der Waals surface area contributed by atoms with Gasteiger partial charge in [-0.25, -0.2) is 4.79 Å². The van der Waals surface area contributed by atoms with Crippen molar-refractivity contribution in [2.45, 2.75) is 5.54 Å². The number of carbonyl (C=O) groups excluding carboxylic acids is 1. The molecule has 1 aromatic carbocycles. The SMILES string of the molecule is COc1cc(OC)c(NC(=O)N2CCOCC3(COCCN3C)C2)cc1Cl. The molecule has 2 aliphatic heterocycles. The lowest BCUT2D eigenvalue weighted by Crippen LogP contribution is -2.63. The summed E-state index contributed by atoms with van der Waals surface area (Å²) in [4.78, 5) is 16.9. The predicted octanol–water partition coefficient (Wildman–Crippen LogP) is 1.92. The van der Waals surface area contributed by atoms with Crippen molar-refractivity contribution in [3.63, 3.8) is 0 Å². The summed E-state index contributed by atoms with van der Waals surface area (Å²) in [6.45, 7) is 4.04. The monoisotopic (exact) mass is 399 g/mol. The molecule has 1 spiro atoms. The molecule has 1 N–H and O–H groups in total. The number of carbonyl (C=O) groups is 1. The number of hydrogen-bond donors (Lipinski definition) is 1. The molecule has 0 aliphatic carbocycles. The van der Waals surface area contributed by atoms with E-state index < -0.39 is 0 Å². The molecule has 0 radical (unpaired) electrons. The highest BCUT2D eigenvalue weighted by Crippen LogP contribution is 2.36. The zero-order valence-corrected chi connectivity index (χ0v) is 16.7. The smallest absolute Gasteiger partial charge is 0.322 e. The van der Waals surface area contributed by atoms with E-state index >= 15 is 0 Å². The molecule has 1 aromatic rings. The van der Waals surface area contributed by atoms with Gasteiger partial charge in [0.25, 0.3) is 0 Å². The van der Waals surface area contributed by atoms with Crippen LogP contribution in [0.25, 0.3) is 0 Å². The number of amides is 2. The molecule has 0 aromatic heterocycles. The summed E-state index contributed by atoms with van der Waals surface area (Å²) in [5, 5.41) is 3.29. The van der Waals surface area contributed by atoms with Gasteiger partial charge in [0, 0.05) is 25.7 Å². The number of ether oxygens (including phenoxy) is 4. The average Bonchev–Trinajstić information content (AvgIpc) is 2.88. The van der Waals surface area contributed by atoms with Crippen LogP contribution in [0.2, 0.25) is 5.02 Å². The number of urea groups is 1. The minimum atomic E-state index is -0.340. The van der Waals surface area contributed by atoms with Gasteiger partial charge in [0.2, 0.25) is 0 Å². The maximum Gasteiger partial charge on any atom is 0.322 e. The van der Waals surface area contributed by atoms with Gasteiger partial charge in [-0.1, -0.05) is 11.6 Å². The molecular weight excluding hydrogens is 374 g/mol. The number of methoxy groups -OCH3 is 2. The first-order valence-corrected chi connectivity index (χ1v) is 9.21. The highest BCUT2D eigenvalue weighted by Gasteiger charge is 2.42. The summed E-state index contributed by atoms with van der Waals surface area (Å²) >= 11 is 6.20. The van der Waals surface area contributed by atoms with Crippen LogP contribution in [0.4, 0.5) is 10.5 Å². The summed E-state index contributed by atoms with van der Waals surface area (Å²) in [5.74, 6) is 0.957. The summed E-state index contributed by atoms with van der Waals surface area (Å²) in [5.41, 5.74) is 0.147. The van der Waals surface area contributed by atoms with Gasteiger partial charge in [0.05, 0.1) is 56.9 Å². The fourth-order valence-electron chi connectivity index (χ4n) is 3.37. The van der Waals surface area contributed by atoms with E-state index in [1.54, 1.807) is 17.0 Å². The van der Waals surface area contributed by atoms with Crippen LogP contribution in [0.5, 0.6) is 11.5 Å². The van der Waals surface area contributed by atoms with Crippen molar-refractivity contribution in [3.8, 4) is 11.5 Å². The normalized spacial score (nSPS) is 23.8. The summed E-state index contributed by atoms with van der Waals surface area (Å²) in [6.07, 6.45) is 0. The van der Waals surface area contributed by atoms with E-state index in [1.807, 2.05) is 7.05 Å².